The van der Waals surface area contributed by atoms with Crippen LogP contribution >= 0.6 is 0 Å². The minimum Gasteiger partial charge on any atom is -0.549 e. The van der Waals surface area contributed by atoms with E-state index in [0.29, 0.717) is 0 Å². The van der Waals surface area contributed by atoms with Gasteiger partial charge in [0.15, 0.2) is 0 Å². The van der Waals surface area contributed by atoms with Crippen molar-refractivity contribution in [2.45, 2.75) is 64.6 Å². The van der Waals surface area contributed by atoms with E-state index >= 15 is 0 Å². The summed E-state index contributed by atoms with van der Waals surface area (Å²) < 4.78 is 6.10. The minimum absolute atomic E-state index is 0.808. The Kier molecular flexibility index (Phi) is 5.44. The lowest BCUT2D eigenvalue weighted by Crippen LogP contribution is -2.33. The average molecular weight is 226 g/mol. The number of hydrogen-bond acceptors (Lipinski definition) is 1. The van der Waals surface area contributed by atoms with Gasteiger partial charge in [0.25, 0.3) is 0 Å². The Hall–Kier alpha value is -0.243. The zero-order valence-electron chi connectivity index (χ0n) is 10.6. The summed E-state index contributed by atoms with van der Waals surface area (Å²) in [5.41, 5.74) is 0. The Bertz CT molecular complexity index is 182. The fraction of sp³-hybridized carbons (Fsp3) is 0.846. The van der Waals surface area contributed by atoms with E-state index in [9.17, 15) is 0 Å². The summed E-state index contributed by atoms with van der Waals surface area (Å²) in [6, 6.07) is 3.74. The predicted octanol–water partition coefficient (Wildman–Crippen LogP) is 4.71. The summed E-state index contributed by atoms with van der Waals surface area (Å²) in [6.07, 6.45) is 9.92. The fourth-order valence-corrected chi connectivity index (χ4v) is 4.81. The lowest BCUT2D eigenvalue weighted by Gasteiger charge is -2.26. The second kappa shape index (κ2) is 6.36. The molecule has 1 rings (SSSR count). The van der Waals surface area contributed by atoms with Gasteiger partial charge in [-0.2, -0.15) is 0 Å². The smallest absolute Gasteiger partial charge is 0.249 e. The molecule has 0 amide bonds. The van der Waals surface area contributed by atoms with Gasteiger partial charge in [-0.1, -0.05) is 33.6 Å². The zero-order valence-corrected chi connectivity index (χ0v) is 11.6. The van der Waals surface area contributed by atoms with Crippen LogP contribution in [0.4, 0.5) is 0 Å². The average Bonchev–Trinajstić information content (AvgIpc) is 2.78. The summed E-state index contributed by atoms with van der Waals surface area (Å²) in [6.45, 7) is 6.84. The Labute approximate surface area is 96.0 Å². The Morgan fingerprint density at radius 2 is 1.60 bits per heavy atom. The highest BCUT2D eigenvalue weighted by atomic mass is 28.4. The summed E-state index contributed by atoms with van der Waals surface area (Å²) in [5, 5.41) is 0. The van der Waals surface area contributed by atoms with E-state index < -0.39 is 8.32 Å². The molecule has 0 aliphatic heterocycles. The van der Waals surface area contributed by atoms with Crippen molar-refractivity contribution in [1.82, 2.24) is 0 Å². The molecule has 0 saturated heterocycles. The largest absolute Gasteiger partial charge is 0.549 e. The van der Waals surface area contributed by atoms with Crippen LogP contribution in [0.25, 0.3) is 0 Å². The first-order valence-corrected chi connectivity index (χ1v) is 9.13. The third kappa shape index (κ3) is 3.67. The molecule has 1 nitrogen and oxygen atoms in total. The van der Waals surface area contributed by atoms with Crippen LogP contribution in [0.5, 0.6) is 0 Å². The first kappa shape index (κ1) is 12.8. The second-order valence-electron chi connectivity index (χ2n) is 4.73. The molecule has 0 aromatic heterocycles. The van der Waals surface area contributed by atoms with E-state index in [2.05, 4.69) is 26.8 Å². The van der Waals surface area contributed by atoms with Crippen LogP contribution in [0.3, 0.4) is 0 Å². The van der Waals surface area contributed by atoms with Crippen LogP contribution in [-0.4, -0.2) is 8.32 Å². The van der Waals surface area contributed by atoms with Gasteiger partial charge in [-0.05, 0) is 43.0 Å². The maximum absolute atomic E-state index is 6.10. The van der Waals surface area contributed by atoms with Gasteiger partial charge in [-0.25, -0.2) is 0 Å². The lowest BCUT2D eigenvalue weighted by molar-refractivity contribution is 0.450. The lowest BCUT2D eigenvalue weighted by atomic mass is 10.1. The molecular formula is C13H26OSi. The summed E-state index contributed by atoms with van der Waals surface area (Å²) in [5.74, 6) is 0.808. The maximum atomic E-state index is 6.10. The summed E-state index contributed by atoms with van der Waals surface area (Å²) in [7, 11) is -1.38. The molecule has 0 spiro atoms. The van der Waals surface area contributed by atoms with Gasteiger partial charge >= 0.3 is 0 Å². The molecule has 0 aromatic rings. The van der Waals surface area contributed by atoms with Crippen LogP contribution in [0.2, 0.25) is 18.1 Å². The molecule has 1 saturated carbocycles. The van der Waals surface area contributed by atoms with Gasteiger partial charge in [-0.15, -0.1) is 0 Å². The third-order valence-corrected chi connectivity index (χ3v) is 8.50. The van der Waals surface area contributed by atoms with Crippen molar-refractivity contribution >= 4 is 8.32 Å². The first-order valence-electron chi connectivity index (χ1n) is 6.60. The summed E-state index contributed by atoms with van der Waals surface area (Å²) in [4.78, 5) is 0. The SMILES string of the molecule is CC[Si](CC)(CC)O/C=C\C1CCCC1. The first-order chi connectivity index (χ1) is 7.26. The van der Waals surface area contributed by atoms with Crippen molar-refractivity contribution in [2.24, 2.45) is 5.92 Å². The van der Waals surface area contributed by atoms with Crippen molar-refractivity contribution in [3.63, 3.8) is 0 Å². The number of hydrogen-bond donors (Lipinski definition) is 0. The molecule has 0 heterocycles. The molecular weight excluding hydrogens is 200 g/mol. The molecule has 1 aliphatic rings. The molecule has 88 valence electrons. The molecule has 0 radical (unpaired) electrons. The van der Waals surface area contributed by atoms with Gasteiger partial charge in [0.05, 0.1) is 6.26 Å². The van der Waals surface area contributed by atoms with E-state index in [1.54, 1.807) is 0 Å². The molecule has 1 aliphatic carbocycles. The predicted molar refractivity (Wildman–Crippen MR) is 69.4 cm³/mol. The van der Waals surface area contributed by atoms with Gasteiger partial charge in [0, 0.05) is 0 Å². The molecule has 0 N–H and O–H groups in total. The van der Waals surface area contributed by atoms with Gasteiger partial charge < -0.3 is 4.43 Å². The second-order valence-corrected chi connectivity index (χ2v) is 9.46. The van der Waals surface area contributed by atoms with Crippen LogP contribution in [0.1, 0.15) is 46.5 Å². The standard InChI is InChI=1S/C13H26OSi/c1-4-15(5-2,6-3)14-12-11-13-9-7-8-10-13/h11-13H,4-10H2,1-3H3/b12-11-. The Balaban J connectivity index is 2.38. The normalized spacial score (nSPS) is 18.9. The molecule has 0 bridgehead atoms. The van der Waals surface area contributed by atoms with Crippen LogP contribution in [-0.2, 0) is 4.43 Å². The highest BCUT2D eigenvalue weighted by Gasteiger charge is 2.29. The molecule has 0 unspecified atom stereocenters. The van der Waals surface area contributed by atoms with E-state index in [1.165, 1.54) is 43.8 Å². The van der Waals surface area contributed by atoms with Crippen molar-refractivity contribution in [1.29, 1.82) is 0 Å². The molecule has 0 aromatic carbocycles. The van der Waals surface area contributed by atoms with Crippen LogP contribution < -0.4 is 0 Å². The van der Waals surface area contributed by atoms with Gasteiger partial charge in [-0.3, -0.25) is 0 Å². The zero-order chi connectivity index (χ0) is 11.1. The van der Waals surface area contributed by atoms with E-state index in [1.807, 2.05) is 6.26 Å². The molecule has 0 atom stereocenters. The Morgan fingerprint density at radius 3 is 2.07 bits per heavy atom. The third-order valence-electron chi connectivity index (χ3n) is 4.00. The van der Waals surface area contributed by atoms with E-state index in [-0.39, 0.29) is 0 Å². The highest BCUT2D eigenvalue weighted by molar-refractivity contribution is 6.73. The quantitative estimate of drug-likeness (QED) is 0.471. The van der Waals surface area contributed by atoms with E-state index in [4.69, 9.17) is 4.43 Å². The maximum Gasteiger partial charge on any atom is 0.249 e. The number of allylic oxidation sites excluding steroid dienone is 1. The van der Waals surface area contributed by atoms with Gasteiger partial charge in [0.2, 0.25) is 8.32 Å². The monoisotopic (exact) mass is 226 g/mol. The number of rotatable bonds is 6. The van der Waals surface area contributed by atoms with Crippen molar-refractivity contribution in [2.75, 3.05) is 0 Å². The van der Waals surface area contributed by atoms with Crippen molar-refractivity contribution in [3.05, 3.63) is 12.3 Å². The van der Waals surface area contributed by atoms with Crippen LogP contribution in [0.15, 0.2) is 12.3 Å². The summed E-state index contributed by atoms with van der Waals surface area (Å²) >= 11 is 0. The topological polar surface area (TPSA) is 9.23 Å². The minimum atomic E-state index is -1.38. The van der Waals surface area contributed by atoms with Crippen molar-refractivity contribution in [3.8, 4) is 0 Å². The van der Waals surface area contributed by atoms with Crippen molar-refractivity contribution < 1.29 is 4.43 Å². The Morgan fingerprint density at radius 1 is 1.07 bits per heavy atom. The van der Waals surface area contributed by atoms with E-state index in [0.717, 1.165) is 5.92 Å². The van der Waals surface area contributed by atoms with Crippen LogP contribution in [0, 0.1) is 5.92 Å². The molecule has 2 heteroatoms. The molecule has 1 fully saturated rings. The molecule has 15 heavy (non-hydrogen) atoms. The van der Waals surface area contributed by atoms with Gasteiger partial charge in [0.1, 0.15) is 0 Å². The highest BCUT2D eigenvalue weighted by Crippen LogP contribution is 2.27. The fourth-order valence-electron chi connectivity index (χ4n) is 2.44.